The minimum Gasteiger partial charge on any atom is -0.478 e. The van der Waals surface area contributed by atoms with E-state index in [0.717, 1.165) is 17.0 Å². The van der Waals surface area contributed by atoms with E-state index >= 15 is 0 Å². The summed E-state index contributed by atoms with van der Waals surface area (Å²) in [6.07, 6.45) is 0. The molecule has 1 aromatic carbocycles. The molecule has 1 heterocycles. The molecule has 0 fully saturated rings. The first-order valence-electron chi connectivity index (χ1n) is 6.49. The van der Waals surface area contributed by atoms with Crippen LogP contribution in [0.2, 0.25) is 0 Å². The molecule has 1 unspecified atom stereocenters. The summed E-state index contributed by atoms with van der Waals surface area (Å²) in [5.41, 5.74) is -1.30. The van der Waals surface area contributed by atoms with Gasteiger partial charge in [0.15, 0.2) is 0 Å². The largest absolute Gasteiger partial charge is 0.478 e. The van der Waals surface area contributed by atoms with Crippen LogP contribution in [0, 0.1) is 11.6 Å². The maximum atomic E-state index is 13.7. The lowest BCUT2D eigenvalue weighted by Gasteiger charge is -2.24. The molecule has 0 radical (unpaired) electrons. The monoisotopic (exact) mass is 327 g/mol. The van der Waals surface area contributed by atoms with Gasteiger partial charge >= 0.3 is 5.97 Å². The lowest BCUT2D eigenvalue weighted by molar-refractivity contribution is 0.0528. The van der Waals surface area contributed by atoms with Crippen molar-refractivity contribution in [3.63, 3.8) is 0 Å². The van der Waals surface area contributed by atoms with Crippen molar-refractivity contribution in [3.8, 4) is 0 Å². The van der Waals surface area contributed by atoms with E-state index in [2.05, 4.69) is 5.32 Å². The summed E-state index contributed by atoms with van der Waals surface area (Å²) in [5.74, 6) is -2.51. The second kappa shape index (κ2) is 6.51. The highest BCUT2D eigenvalue weighted by Gasteiger charge is 2.26. The Hall–Kier alpha value is -1.83. The lowest BCUT2D eigenvalue weighted by atomic mass is 9.95. The molecule has 0 saturated heterocycles. The Morgan fingerprint density at radius 1 is 1.36 bits per heavy atom. The minimum absolute atomic E-state index is 0.00111. The van der Waals surface area contributed by atoms with Gasteiger partial charge in [0.2, 0.25) is 0 Å². The Labute approximate surface area is 130 Å². The third-order valence-corrected chi connectivity index (χ3v) is 4.12. The fourth-order valence-corrected chi connectivity index (χ4v) is 2.86. The summed E-state index contributed by atoms with van der Waals surface area (Å²) >= 11 is 1.28. The van der Waals surface area contributed by atoms with Crippen molar-refractivity contribution >= 4 is 17.3 Å². The van der Waals surface area contributed by atoms with Crippen LogP contribution < -0.4 is 5.32 Å². The summed E-state index contributed by atoms with van der Waals surface area (Å²) in [6.45, 7) is 1.81. The number of hydrogen-bond acceptors (Lipinski definition) is 4. The van der Waals surface area contributed by atoms with Crippen LogP contribution in [0.15, 0.2) is 29.6 Å². The fraction of sp³-hybridized carbons (Fsp3) is 0.267. The maximum absolute atomic E-state index is 13.7. The number of aromatic carboxylic acids is 1. The summed E-state index contributed by atoms with van der Waals surface area (Å²) in [5, 5.41) is 23.6. The van der Waals surface area contributed by atoms with Crippen molar-refractivity contribution in [2.45, 2.75) is 19.1 Å². The second-order valence-corrected chi connectivity index (χ2v) is 6.10. The molecule has 0 saturated carbocycles. The molecule has 0 amide bonds. The second-order valence-electron chi connectivity index (χ2n) is 5.11. The van der Waals surface area contributed by atoms with Crippen LogP contribution in [0.25, 0.3) is 0 Å². The van der Waals surface area contributed by atoms with Crippen molar-refractivity contribution in [3.05, 3.63) is 57.3 Å². The molecule has 0 bridgehead atoms. The Bertz CT molecular complexity index is 685. The van der Waals surface area contributed by atoms with Gasteiger partial charge in [-0.3, -0.25) is 0 Å². The molecule has 2 rings (SSSR count). The van der Waals surface area contributed by atoms with Crippen molar-refractivity contribution in [1.29, 1.82) is 0 Å². The van der Waals surface area contributed by atoms with Gasteiger partial charge in [0.25, 0.3) is 0 Å². The van der Waals surface area contributed by atoms with E-state index in [1.54, 1.807) is 0 Å². The average molecular weight is 327 g/mol. The molecule has 0 spiro atoms. The van der Waals surface area contributed by atoms with Gasteiger partial charge in [-0.15, -0.1) is 11.3 Å². The number of thiophene rings is 1. The quantitative estimate of drug-likeness (QED) is 0.763. The lowest BCUT2D eigenvalue weighted by Crippen LogP contribution is -2.35. The van der Waals surface area contributed by atoms with E-state index in [9.17, 15) is 18.7 Å². The number of carboxylic acid groups (broad SMARTS) is 1. The molecule has 1 atom stereocenters. The Morgan fingerprint density at radius 2 is 2.09 bits per heavy atom. The smallest absolute Gasteiger partial charge is 0.336 e. The molecule has 3 N–H and O–H groups in total. The van der Waals surface area contributed by atoms with Gasteiger partial charge in [-0.1, -0.05) is 6.07 Å². The van der Waals surface area contributed by atoms with E-state index in [-0.39, 0.29) is 17.7 Å². The van der Waals surface area contributed by atoms with Gasteiger partial charge in [-0.25, -0.2) is 13.6 Å². The first-order valence-corrected chi connectivity index (χ1v) is 7.37. The van der Waals surface area contributed by atoms with Gasteiger partial charge < -0.3 is 15.5 Å². The Balaban J connectivity index is 1.98. The summed E-state index contributed by atoms with van der Waals surface area (Å²) < 4.78 is 26.6. The highest BCUT2D eigenvalue weighted by molar-refractivity contribution is 7.10. The fourth-order valence-electron chi connectivity index (χ4n) is 2.04. The third-order valence-electron chi connectivity index (χ3n) is 3.18. The van der Waals surface area contributed by atoms with E-state index in [0.29, 0.717) is 6.54 Å². The van der Waals surface area contributed by atoms with Crippen molar-refractivity contribution in [2.75, 3.05) is 6.54 Å². The van der Waals surface area contributed by atoms with E-state index in [1.807, 2.05) is 0 Å². The molecule has 7 heteroatoms. The number of aliphatic hydroxyl groups is 1. The molecular weight excluding hydrogens is 312 g/mol. The maximum Gasteiger partial charge on any atom is 0.336 e. The number of hydrogen-bond donors (Lipinski definition) is 3. The summed E-state index contributed by atoms with van der Waals surface area (Å²) in [7, 11) is 0. The number of halogens is 2. The van der Waals surface area contributed by atoms with Crippen LogP contribution >= 0.6 is 11.3 Å². The number of carboxylic acids is 1. The Morgan fingerprint density at radius 3 is 2.68 bits per heavy atom. The van der Waals surface area contributed by atoms with Gasteiger partial charge in [0.05, 0.1) is 5.56 Å². The zero-order valence-corrected chi connectivity index (χ0v) is 12.6. The van der Waals surface area contributed by atoms with E-state index in [1.165, 1.54) is 35.8 Å². The molecule has 22 heavy (non-hydrogen) atoms. The highest BCUT2D eigenvalue weighted by atomic mass is 32.1. The topological polar surface area (TPSA) is 69.6 Å². The van der Waals surface area contributed by atoms with Gasteiger partial charge in [0, 0.05) is 35.0 Å². The zero-order valence-electron chi connectivity index (χ0n) is 11.8. The molecule has 0 aliphatic carbocycles. The molecule has 0 aliphatic heterocycles. The third kappa shape index (κ3) is 3.88. The molecule has 118 valence electrons. The van der Waals surface area contributed by atoms with Gasteiger partial charge in [-0.05, 0) is 19.1 Å². The number of rotatable bonds is 6. The van der Waals surface area contributed by atoms with Crippen LogP contribution in [0.3, 0.4) is 0 Å². The minimum atomic E-state index is -1.51. The summed E-state index contributed by atoms with van der Waals surface area (Å²) in [4.78, 5) is 11.6. The number of benzene rings is 1. The van der Waals surface area contributed by atoms with Crippen LogP contribution in [-0.2, 0) is 12.1 Å². The first kappa shape index (κ1) is 16.5. The SMILES string of the molecule is CC(O)(CNCc1cc(C(=O)O)cs1)c1ccc(F)cc1F. The Kier molecular flexibility index (Phi) is 4.90. The van der Waals surface area contributed by atoms with Crippen molar-refractivity contribution in [2.24, 2.45) is 0 Å². The molecule has 4 nitrogen and oxygen atoms in total. The van der Waals surface area contributed by atoms with E-state index in [4.69, 9.17) is 5.11 Å². The number of nitrogens with one attached hydrogen (secondary N) is 1. The number of carbonyl (C=O) groups is 1. The molecule has 1 aromatic heterocycles. The predicted molar refractivity (Wildman–Crippen MR) is 78.9 cm³/mol. The van der Waals surface area contributed by atoms with Crippen LogP contribution in [0.5, 0.6) is 0 Å². The van der Waals surface area contributed by atoms with Gasteiger partial charge in [0.1, 0.15) is 17.2 Å². The van der Waals surface area contributed by atoms with Gasteiger partial charge in [-0.2, -0.15) is 0 Å². The van der Waals surface area contributed by atoms with Crippen LogP contribution in [0.1, 0.15) is 27.7 Å². The van der Waals surface area contributed by atoms with Crippen LogP contribution in [0.4, 0.5) is 8.78 Å². The van der Waals surface area contributed by atoms with Crippen LogP contribution in [-0.4, -0.2) is 22.7 Å². The predicted octanol–water partition coefficient (Wildman–Crippen LogP) is 2.72. The zero-order chi connectivity index (χ0) is 16.3. The molecular formula is C15H15F2NO3S. The molecule has 0 aliphatic rings. The first-order chi connectivity index (χ1) is 10.3. The summed E-state index contributed by atoms with van der Waals surface area (Å²) in [6, 6.07) is 4.56. The average Bonchev–Trinajstić information content (AvgIpc) is 2.87. The highest BCUT2D eigenvalue weighted by Crippen LogP contribution is 2.24. The van der Waals surface area contributed by atoms with Crippen molar-refractivity contribution in [1.82, 2.24) is 5.32 Å². The standard InChI is InChI=1S/C15H15F2NO3S/c1-15(21,12-3-2-10(16)5-13(12)17)8-18-6-11-4-9(7-22-11)14(19)20/h2-5,7,18,21H,6,8H2,1H3,(H,19,20). The normalized spacial score (nSPS) is 13.8. The van der Waals surface area contributed by atoms with E-state index < -0.39 is 23.2 Å². The van der Waals surface area contributed by atoms with Crippen molar-refractivity contribution < 1.29 is 23.8 Å². The molecule has 2 aromatic rings.